The highest BCUT2D eigenvalue weighted by atomic mass is 19.1. The smallest absolute Gasteiger partial charge is 0.274 e. The summed E-state index contributed by atoms with van der Waals surface area (Å²) in [5.41, 5.74) is 1.64. The second-order valence-electron chi connectivity index (χ2n) is 5.26. The van der Waals surface area contributed by atoms with Crippen LogP contribution in [-0.2, 0) is 0 Å². The number of β-amino-alcohol motifs (C(OH)–C–C–N with tert-alkyl or cyclic N) is 1. The lowest BCUT2D eigenvalue weighted by Crippen LogP contribution is -2.29. The minimum atomic E-state index is -0.458. The lowest BCUT2D eigenvalue weighted by molar-refractivity contribution is 0.0759. The van der Waals surface area contributed by atoms with E-state index in [-0.39, 0.29) is 11.7 Å². The van der Waals surface area contributed by atoms with Crippen LogP contribution in [0, 0.1) is 12.7 Å². The van der Waals surface area contributed by atoms with Crippen LogP contribution in [0.15, 0.2) is 30.3 Å². The number of rotatable bonds is 2. The van der Waals surface area contributed by atoms with Gasteiger partial charge in [0, 0.05) is 18.8 Å². The van der Waals surface area contributed by atoms with Gasteiger partial charge in [-0.05, 0) is 37.6 Å². The van der Waals surface area contributed by atoms with E-state index in [9.17, 15) is 14.3 Å². The number of carbonyl (C=O) groups excluding carboxylic acids is 1. The van der Waals surface area contributed by atoms with Crippen molar-refractivity contribution in [3.05, 3.63) is 47.5 Å². The fourth-order valence-electron chi connectivity index (χ4n) is 2.54. The maximum Gasteiger partial charge on any atom is 0.274 e. The summed E-state index contributed by atoms with van der Waals surface area (Å²) in [7, 11) is 0. The number of benzene rings is 1. The van der Waals surface area contributed by atoms with Crippen molar-refractivity contribution in [3.63, 3.8) is 0 Å². The third-order valence-corrected chi connectivity index (χ3v) is 3.61. The summed E-state index contributed by atoms with van der Waals surface area (Å²) >= 11 is 0. The van der Waals surface area contributed by atoms with E-state index < -0.39 is 6.10 Å². The van der Waals surface area contributed by atoms with Crippen molar-refractivity contribution in [2.45, 2.75) is 19.4 Å². The Morgan fingerprint density at radius 2 is 2.24 bits per heavy atom. The highest BCUT2D eigenvalue weighted by Gasteiger charge is 2.27. The average Bonchev–Trinajstić information content (AvgIpc) is 3.04. The molecule has 0 aliphatic carbocycles. The molecule has 1 saturated heterocycles. The van der Waals surface area contributed by atoms with Crippen molar-refractivity contribution in [2.75, 3.05) is 13.1 Å². The number of likely N-dealkylation sites (tertiary alicyclic amines) is 1. The van der Waals surface area contributed by atoms with Crippen molar-refractivity contribution in [1.29, 1.82) is 0 Å². The van der Waals surface area contributed by atoms with E-state index in [0.29, 0.717) is 30.9 Å². The highest BCUT2D eigenvalue weighted by Crippen LogP contribution is 2.17. The number of hydrogen-bond donors (Lipinski definition) is 1. The van der Waals surface area contributed by atoms with Gasteiger partial charge in [0.1, 0.15) is 5.82 Å². The molecule has 6 heteroatoms. The van der Waals surface area contributed by atoms with Crippen LogP contribution in [-0.4, -0.2) is 44.9 Å². The van der Waals surface area contributed by atoms with Crippen LogP contribution < -0.4 is 0 Å². The minimum absolute atomic E-state index is 0.204. The summed E-state index contributed by atoms with van der Waals surface area (Å²) < 4.78 is 14.8. The number of aliphatic hydroxyl groups is 1. The van der Waals surface area contributed by atoms with Crippen LogP contribution in [0.25, 0.3) is 5.69 Å². The van der Waals surface area contributed by atoms with Gasteiger partial charge in [0.25, 0.3) is 5.91 Å². The number of hydrogen-bond acceptors (Lipinski definition) is 3. The molecule has 0 saturated carbocycles. The zero-order valence-corrected chi connectivity index (χ0v) is 11.7. The van der Waals surface area contributed by atoms with E-state index in [1.807, 2.05) is 6.92 Å². The Morgan fingerprint density at radius 3 is 2.90 bits per heavy atom. The van der Waals surface area contributed by atoms with Crippen LogP contribution in [0.3, 0.4) is 0 Å². The largest absolute Gasteiger partial charge is 0.391 e. The predicted octanol–water partition coefficient (Wildman–Crippen LogP) is 1.53. The van der Waals surface area contributed by atoms with E-state index in [1.165, 1.54) is 12.1 Å². The molecule has 1 amide bonds. The molecule has 1 aliphatic rings. The predicted molar refractivity (Wildman–Crippen MR) is 74.8 cm³/mol. The molecule has 0 bridgehead atoms. The maximum absolute atomic E-state index is 13.3. The minimum Gasteiger partial charge on any atom is -0.391 e. The van der Waals surface area contributed by atoms with Crippen molar-refractivity contribution in [3.8, 4) is 5.69 Å². The molecule has 1 aromatic carbocycles. The van der Waals surface area contributed by atoms with Gasteiger partial charge in [0.2, 0.25) is 0 Å². The first-order valence-electron chi connectivity index (χ1n) is 6.84. The Kier molecular flexibility index (Phi) is 3.47. The topological polar surface area (TPSA) is 58.4 Å². The van der Waals surface area contributed by atoms with E-state index in [1.54, 1.807) is 27.8 Å². The van der Waals surface area contributed by atoms with Crippen LogP contribution >= 0.6 is 0 Å². The molecule has 1 fully saturated rings. The summed E-state index contributed by atoms with van der Waals surface area (Å²) in [5.74, 6) is -0.553. The van der Waals surface area contributed by atoms with E-state index >= 15 is 0 Å². The zero-order chi connectivity index (χ0) is 15.0. The summed E-state index contributed by atoms with van der Waals surface area (Å²) in [6.07, 6.45) is 0.135. The van der Waals surface area contributed by atoms with Crippen molar-refractivity contribution >= 4 is 5.91 Å². The molecule has 1 N–H and O–H groups in total. The van der Waals surface area contributed by atoms with Gasteiger partial charge in [-0.2, -0.15) is 5.10 Å². The van der Waals surface area contributed by atoms with Gasteiger partial charge < -0.3 is 10.0 Å². The van der Waals surface area contributed by atoms with Crippen molar-refractivity contribution in [1.82, 2.24) is 14.7 Å². The molecule has 2 aromatic rings. The molecule has 1 atom stereocenters. The molecule has 5 nitrogen and oxygen atoms in total. The number of aryl methyl sites for hydroxylation is 1. The normalized spacial score (nSPS) is 18.2. The molecule has 110 valence electrons. The Balaban J connectivity index is 1.89. The number of amides is 1. The zero-order valence-electron chi connectivity index (χ0n) is 11.7. The maximum atomic E-state index is 13.3. The van der Waals surface area contributed by atoms with Crippen LogP contribution in [0.1, 0.15) is 22.6 Å². The molecular formula is C15H16FN3O2. The second-order valence-corrected chi connectivity index (χ2v) is 5.26. The number of carbonyl (C=O) groups is 1. The highest BCUT2D eigenvalue weighted by molar-refractivity contribution is 5.92. The molecule has 0 radical (unpaired) electrons. The second kappa shape index (κ2) is 5.29. The first-order valence-corrected chi connectivity index (χ1v) is 6.84. The lowest BCUT2D eigenvalue weighted by Gasteiger charge is -2.13. The van der Waals surface area contributed by atoms with E-state index in [4.69, 9.17) is 0 Å². The Hall–Kier alpha value is -2.21. The van der Waals surface area contributed by atoms with Gasteiger partial charge in [0.15, 0.2) is 5.69 Å². The van der Waals surface area contributed by atoms with E-state index in [0.717, 1.165) is 5.69 Å². The van der Waals surface area contributed by atoms with Crippen molar-refractivity contribution in [2.24, 2.45) is 0 Å². The SMILES string of the molecule is Cc1cc(C(=O)N2CC[C@@H](O)C2)nn1-c1cccc(F)c1. The van der Waals surface area contributed by atoms with Crippen LogP contribution in [0.2, 0.25) is 0 Å². The van der Waals surface area contributed by atoms with E-state index in [2.05, 4.69) is 5.10 Å². The summed E-state index contributed by atoms with van der Waals surface area (Å²) in [5, 5.41) is 13.8. The van der Waals surface area contributed by atoms with Gasteiger partial charge >= 0.3 is 0 Å². The molecule has 2 heterocycles. The molecule has 1 aromatic heterocycles. The molecule has 0 spiro atoms. The lowest BCUT2D eigenvalue weighted by atomic mass is 10.3. The third-order valence-electron chi connectivity index (χ3n) is 3.61. The van der Waals surface area contributed by atoms with Crippen LogP contribution in [0.5, 0.6) is 0 Å². The van der Waals surface area contributed by atoms with Crippen molar-refractivity contribution < 1.29 is 14.3 Å². The molecule has 0 unspecified atom stereocenters. The fraction of sp³-hybridized carbons (Fsp3) is 0.333. The van der Waals surface area contributed by atoms with Gasteiger partial charge in [-0.1, -0.05) is 6.07 Å². The van der Waals surface area contributed by atoms with Gasteiger partial charge in [0.05, 0.1) is 11.8 Å². The third kappa shape index (κ3) is 2.67. The van der Waals surface area contributed by atoms with Crippen LogP contribution in [0.4, 0.5) is 4.39 Å². The fourth-order valence-corrected chi connectivity index (χ4v) is 2.54. The number of aliphatic hydroxyl groups excluding tert-OH is 1. The number of aromatic nitrogens is 2. The first-order chi connectivity index (χ1) is 10.0. The quantitative estimate of drug-likeness (QED) is 0.912. The van der Waals surface area contributed by atoms with Gasteiger partial charge in [-0.25, -0.2) is 9.07 Å². The van der Waals surface area contributed by atoms with Gasteiger partial charge in [-0.3, -0.25) is 4.79 Å². The molecule has 1 aliphatic heterocycles. The Morgan fingerprint density at radius 1 is 1.43 bits per heavy atom. The summed E-state index contributed by atoms with van der Waals surface area (Å²) in [4.78, 5) is 13.9. The molecule has 21 heavy (non-hydrogen) atoms. The average molecular weight is 289 g/mol. The molecule has 3 rings (SSSR count). The van der Waals surface area contributed by atoms with Gasteiger partial charge in [-0.15, -0.1) is 0 Å². The standard InChI is InChI=1S/C15H16FN3O2/c1-10-7-14(15(21)18-6-5-13(20)9-18)17-19(10)12-4-2-3-11(16)8-12/h2-4,7-8,13,20H,5-6,9H2,1H3/t13-/m1/s1. The number of halogens is 1. The monoisotopic (exact) mass is 289 g/mol. The number of nitrogens with zero attached hydrogens (tertiary/aromatic N) is 3. The summed E-state index contributed by atoms with van der Waals surface area (Å²) in [6, 6.07) is 7.74. The Bertz CT molecular complexity index is 683. The Labute approximate surface area is 121 Å². The summed E-state index contributed by atoms with van der Waals surface area (Å²) in [6.45, 7) is 2.68. The first kappa shape index (κ1) is 13.8. The molecular weight excluding hydrogens is 273 g/mol.